The van der Waals surface area contributed by atoms with Gasteiger partial charge in [-0.05, 0) is 37.9 Å². The maximum absolute atomic E-state index is 13.9. The molecule has 6 atom stereocenters. The second-order valence-corrected chi connectivity index (χ2v) is 24.9. The third kappa shape index (κ3) is 27.1. The number of carbonyl (C=O) groups excluding carboxylic acids is 10. The highest BCUT2D eigenvalue weighted by Gasteiger charge is 2.47. The molecule has 41 heteroatoms. The number of nitriles is 1. The number of hydrogen-bond acceptors (Lipinski definition) is 24. The zero-order chi connectivity index (χ0) is 74.7. The molecule has 15 N–H and O–H groups in total. The minimum atomic E-state index is -3.29. The number of aromatic nitrogens is 1. The lowest BCUT2D eigenvalue weighted by Gasteiger charge is -2.32. The van der Waals surface area contributed by atoms with Crippen molar-refractivity contribution in [2.45, 2.75) is 99.2 Å². The van der Waals surface area contributed by atoms with Crippen LogP contribution in [0.25, 0.3) is 10.9 Å². The van der Waals surface area contributed by atoms with Gasteiger partial charge in [0.25, 0.3) is 11.8 Å². The van der Waals surface area contributed by atoms with E-state index in [9.17, 15) is 121 Å². The number of anilines is 1. The van der Waals surface area contributed by atoms with Crippen LogP contribution in [-0.4, -0.2) is 318 Å². The lowest BCUT2D eigenvalue weighted by molar-refractivity contribution is -0.143. The Morgan fingerprint density at radius 2 is 1.18 bits per heavy atom. The largest absolute Gasteiger partial charge is 0.481 e. The number of imide groups is 1. The van der Waals surface area contributed by atoms with Gasteiger partial charge in [0, 0.05) is 108 Å². The standard InChI is InChI=1S/C60H80F2N16O22S/c61-60(62)25-34(26-64)78(33-60)47(83)27-67-54(94)36-9-11-66-53-35(36)4-3-6-37(53)68-43(79)7-8-44(80)69-39(22-48(84)85)56(96)70-38(5-1-2-10-63)55(95)71-40(23-49(86)87)57(97)72-41(59(99)100)32-101-42-24-46(82)77(58(42)98)13-12-65-45(81)28-73-14-16-74(29-50(88)89)18-20-76(31-52(92)93)21-19-75(17-15-73)30-51(90)91/h3-4,6,9,11,34,38-42H,1-2,5,7-8,10,12-25,27-33,63H2,(H,65,81)(H,67,94)(H,68,79)(H,69,80)(H,70,96)(H,71,95)(H,72,97)(H,84,85)(H,86,87)(H,88,89)(H,90,91)(H,92,93)(H,99,100)/t34-,38+,39+,40+,41+,42?/m0/s1. The fourth-order valence-electron chi connectivity index (χ4n) is 10.8. The molecule has 3 aliphatic rings. The van der Waals surface area contributed by atoms with E-state index in [0.717, 1.165) is 4.90 Å². The van der Waals surface area contributed by atoms with Crippen molar-refractivity contribution in [2.24, 2.45) is 5.73 Å². The number of para-hydroxylation sites is 1. The van der Waals surface area contributed by atoms with Gasteiger partial charge in [0.2, 0.25) is 53.2 Å². The zero-order valence-electron chi connectivity index (χ0n) is 54.5. The average Bonchev–Trinajstić information content (AvgIpc) is 1.11. The summed E-state index contributed by atoms with van der Waals surface area (Å²) in [5.74, 6) is -21.9. The molecule has 0 radical (unpaired) electrons. The van der Waals surface area contributed by atoms with Crippen LogP contribution in [0, 0.1) is 11.3 Å². The molecule has 4 heterocycles. The number of thioether (sulfide) groups is 1. The molecule has 1 unspecified atom stereocenters. The number of fused-ring (bicyclic) bond motifs is 1. The van der Waals surface area contributed by atoms with Gasteiger partial charge in [0.1, 0.15) is 30.2 Å². The van der Waals surface area contributed by atoms with E-state index in [1.54, 1.807) is 25.7 Å². The molecule has 101 heavy (non-hydrogen) atoms. The molecule has 10 amide bonds. The Bertz CT molecular complexity index is 3450. The number of nitrogens with two attached hydrogens (primary N) is 1. The number of rotatable bonds is 37. The van der Waals surface area contributed by atoms with Gasteiger partial charge < -0.3 is 78.5 Å². The topological polar surface area (TPSA) is 561 Å². The summed E-state index contributed by atoms with van der Waals surface area (Å²) in [6.45, 7) is -2.64. The summed E-state index contributed by atoms with van der Waals surface area (Å²) in [5, 5.41) is 82.5. The van der Waals surface area contributed by atoms with Gasteiger partial charge in [0.15, 0.2) is 0 Å². The molecule has 1 aromatic heterocycles. The molecule has 0 aliphatic carbocycles. The van der Waals surface area contributed by atoms with Crippen LogP contribution in [0.5, 0.6) is 0 Å². The Labute approximate surface area is 578 Å². The first-order valence-corrected chi connectivity index (χ1v) is 32.7. The van der Waals surface area contributed by atoms with Gasteiger partial charge in [-0.25, -0.2) is 13.6 Å². The van der Waals surface area contributed by atoms with Crippen molar-refractivity contribution in [2.75, 3.05) is 122 Å². The number of pyridine rings is 1. The monoisotopic (exact) mass is 1450 g/mol. The van der Waals surface area contributed by atoms with Crippen molar-refractivity contribution in [1.82, 2.24) is 66.3 Å². The van der Waals surface area contributed by atoms with Crippen LogP contribution < -0.4 is 43.0 Å². The molecule has 3 fully saturated rings. The van der Waals surface area contributed by atoms with E-state index in [1.165, 1.54) is 30.5 Å². The van der Waals surface area contributed by atoms with E-state index < -0.39 is 207 Å². The van der Waals surface area contributed by atoms with Crippen LogP contribution in [-0.2, 0) is 71.9 Å². The van der Waals surface area contributed by atoms with Crippen molar-refractivity contribution in [3.8, 4) is 6.07 Å². The van der Waals surface area contributed by atoms with Crippen molar-refractivity contribution in [1.29, 1.82) is 5.26 Å². The number of carbonyl (C=O) groups is 16. The van der Waals surface area contributed by atoms with Gasteiger partial charge in [-0.3, -0.25) is 101 Å². The molecule has 2 aromatic rings. The molecular formula is C60H80F2N16O22S. The van der Waals surface area contributed by atoms with Gasteiger partial charge in [-0.2, -0.15) is 5.26 Å². The van der Waals surface area contributed by atoms with E-state index >= 15 is 0 Å². The summed E-state index contributed by atoms with van der Waals surface area (Å²) < 4.78 is 27.9. The van der Waals surface area contributed by atoms with Crippen LogP contribution in [0.15, 0.2) is 30.5 Å². The Hall–Kier alpha value is -10.2. The third-order valence-electron chi connectivity index (χ3n) is 15.9. The number of carboxylic acid groups (broad SMARTS) is 6. The lowest BCUT2D eigenvalue weighted by Crippen LogP contribution is -2.58. The predicted molar refractivity (Wildman–Crippen MR) is 345 cm³/mol. The number of likely N-dealkylation sites (tertiary alicyclic amines) is 2. The number of nitrogens with zero attached hydrogens (tertiary/aromatic N) is 8. The quantitative estimate of drug-likeness (QED) is 0.0222. The number of unbranched alkanes of at least 4 members (excludes halogenated alkanes) is 1. The summed E-state index contributed by atoms with van der Waals surface area (Å²) in [4.78, 5) is 217. The highest BCUT2D eigenvalue weighted by atomic mass is 32.2. The first kappa shape index (κ1) is 81.5. The molecule has 5 rings (SSSR count). The molecule has 38 nitrogen and oxygen atoms in total. The normalized spacial score (nSPS) is 18.2. The SMILES string of the molecule is N#C[C@@H]1CC(F)(F)CN1C(=O)CNC(=O)c1ccnc2c(NC(=O)CCC(=O)N[C@H](CC(=O)O)C(=O)N[C@H](CCCCN)C(=O)N[C@H](CC(=O)O)C(=O)N[C@H](CSC3CC(=O)N(CCNC(=O)CN4CCN(CC(=O)O)CCN(CC(=O)O)CCN(CC(=O)O)CC4)C3=O)C(=O)O)cccc12. The molecule has 0 saturated carbocycles. The van der Waals surface area contributed by atoms with Gasteiger partial charge in [0.05, 0.1) is 80.2 Å². The van der Waals surface area contributed by atoms with Gasteiger partial charge >= 0.3 is 35.8 Å². The van der Waals surface area contributed by atoms with Crippen LogP contribution in [0.4, 0.5) is 14.5 Å². The third-order valence-corrected chi connectivity index (χ3v) is 17.2. The number of hydrogen-bond donors (Lipinski definition) is 14. The van der Waals surface area contributed by atoms with E-state index in [0.29, 0.717) is 16.7 Å². The predicted octanol–water partition coefficient (Wildman–Crippen LogP) is -5.00. The fraction of sp³-hybridized carbons (Fsp3) is 0.567. The van der Waals surface area contributed by atoms with E-state index in [1.807, 2.05) is 0 Å². The summed E-state index contributed by atoms with van der Waals surface area (Å²) >= 11 is 0.639. The Kier molecular flexibility index (Phi) is 32.0. The maximum Gasteiger partial charge on any atom is 0.327 e. The summed E-state index contributed by atoms with van der Waals surface area (Å²) in [6.07, 6.45) is -3.58. The molecule has 0 bridgehead atoms. The number of alkyl halides is 2. The molecule has 552 valence electrons. The number of carboxylic acids is 6. The molecule has 3 aliphatic heterocycles. The van der Waals surface area contributed by atoms with Crippen LogP contribution in [0.3, 0.4) is 0 Å². The number of benzene rings is 1. The van der Waals surface area contributed by atoms with E-state index in [2.05, 4.69) is 42.2 Å². The Morgan fingerprint density at radius 3 is 1.71 bits per heavy atom. The number of amides is 10. The molecule has 0 spiro atoms. The molecule has 1 aromatic carbocycles. The Morgan fingerprint density at radius 1 is 0.653 bits per heavy atom. The van der Waals surface area contributed by atoms with Crippen molar-refractivity contribution in [3.63, 3.8) is 0 Å². The van der Waals surface area contributed by atoms with E-state index in [-0.39, 0.29) is 126 Å². The minimum absolute atomic E-state index is 0.0339. The zero-order valence-corrected chi connectivity index (χ0v) is 55.3. The first-order chi connectivity index (χ1) is 47.8. The second-order valence-electron chi connectivity index (χ2n) is 23.7. The van der Waals surface area contributed by atoms with Crippen LogP contribution in [0.1, 0.15) is 68.1 Å². The molecule has 3 saturated heterocycles. The summed E-state index contributed by atoms with van der Waals surface area (Å²) in [6, 6.07) is -1.78. The van der Waals surface area contributed by atoms with Crippen LogP contribution in [0.2, 0.25) is 0 Å². The van der Waals surface area contributed by atoms with E-state index in [4.69, 9.17) is 5.73 Å². The number of aliphatic carboxylic acids is 6. The lowest BCUT2D eigenvalue weighted by atomic mass is 10.1. The average molecular weight is 1450 g/mol. The van der Waals surface area contributed by atoms with Crippen molar-refractivity contribution < 1.29 is 116 Å². The smallest absolute Gasteiger partial charge is 0.327 e. The van der Waals surface area contributed by atoms with Crippen molar-refractivity contribution >= 4 is 123 Å². The minimum Gasteiger partial charge on any atom is -0.481 e. The highest BCUT2D eigenvalue weighted by molar-refractivity contribution is 8.00. The molecular weight excluding hydrogens is 1370 g/mol. The Balaban J connectivity index is 1.14. The summed E-state index contributed by atoms with van der Waals surface area (Å²) in [5.41, 5.74) is 5.68. The first-order valence-electron chi connectivity index (χ1n) is 31.6. The fourth-order valence-corrected chi connectivity index (χ4v) is 12.0. The second kappa shape index (κ2) is 39.6. The number of nitrogens with one attached hydrogen (secondary N) is 7. The summed E-state index contributed by atoms with van der Waals surface area (Å²) in [7, 11) is 0. The maximum atomic E-state index is 13.9. The van der Waals surface area contributed by atoms with Crippen LogP contribution >= 0.6 is 11.8 Å². The highest BCUT2D eigenvalue weighted by Crippen LogP contribution is 2.32. The van der Waals surface area contributed by atoms with Crippen molar-refractivity contribution in [3.05, 3.63) is 36.0 Å². The van der Waals surface area contributed by atoms with Gasteiger partial charge in [-0.15, -0.1) is 11.8 Å². The van der Waals surface area contributed by atoms with Gasteiger partial charge in [-0.1, -0.05) is 12.1 Å². The number of halogens is 2.